The van der Waals surface area contributed by atoms with Gasteiger partial charge >= 0.3 is 5.97 Å². The molecule has 0 spiro atoms. The van der Waals surface area contributed by atoms with Crippen LogP contribution < -0.4 is 4.90 Å². The maximum absolute atomic E-state index is 13.2. The molecule has 8 heteroatoms. The van der Waals surface area contributed by atoms with E-state index in [1.807, 2.05) is 0 Å². The fourth-order valence-corrected chi connectivity index (χ4v) is 6.68. The second-order valence-corrected chi connectivity index (χ2v) is 11.4. The lowest BCUT2D eigenvalue weighted by Crippen LogP contribution is -2.37. The molecule has 4 rings (SSSR count). The van der Waals surface area contributed by atoms with E-state index >= 15 is 0 Å². The van der Waals surface area contributed by atoms with Crippen LogP contribution in [0.3, 0.4) is 0 Å². The highest BCUT2D eigenvalue weighted by Gasteiger charge is 2.66. The molecule has 1 aromatic rings. The number of halogens is 2. The van der Waals surface area contributed by atoms with E-state index in [4.69, 9.17) is 4.74 Å². The highest BCUT2D eigenvalue weighted by atomic mass is 79.9. The molecule has 3 aliphatic rings. The molecule has 0 N–H and O–H groups in total. The van der Waals surface area contributed by atoms with Crippen molar-refractivity contribution in [3.63, 3.8) is 0 Å². The van der Waals surface area contributed by atoms with Crippen LogP contribution in [0.25, 0.3) is 0 Å². The number of ether oxygens (including phenoxy) is 1. The summed E-state index contributed by atoms with van der Waals surface area (Å²) in [5, 5.41) is 0. The summed E-state index contributed by atoms with van der Waals surface area (Å²) in [6, 6.07) is 6.29. The van der Waals surface area contributed by atoms with Gasteiger partial charge < -0.3 is 4.74 Å². The third-order valence-electron chi connectivity index (χ3n) is 6.50. The number of alkyl halides is 2. The number of anilines is 1. The number of carbonyl (C=O) groups excluding carboxylic acids is 4. The molecule has 1 aromatic carbocycles. The van der Waals surface area contributed by atoms with E-state index < -0.39 is 11.4 Å². The van der Waals surface area contributed by atoms with Crippen molar-refractivity contribution in [1.29, 1.82) is 0 Å². The van der Waals surface area contributed by atoms with E-state index in [0.717, 1.165) is 6.42 Å². The van der Waals surface area contributed by atoms with Crippen molar-refractivity contribution >= 4 is 61.1 Å². The number of ketones is 1. The Balaban J connectivity index is 1.53. The predicted molar refractivity (Wildman–Crippen MR) is 118 cm³/mol. The molecule has 0 aromatic heterocycles. The predicted octanol–water partition coefficient (Wildman–Crippen LogP) is 3.74. The normalized spacial score (nSPS) is 32.5. The third-order valence-corrected chi connectivity index (χ3v) is 9.70. The second kappa shape index (κ2) is 7.55. The molecule has 3 fully saturated rings. The first-order chi connectivity index (χ1) is 14.0. The average molecular weight is 541 g/mol. The summed E-state index contributed by atoms with van der Waals surface area (Å²) in [5.74, 6) is -1.63. The number of esters is 1. The molecule has 2 bridgehead atoms. The Morgan fingerprint density at radius 2 is 1.63 bits per heavy atom. The van der Waals surface area contributed by atoms with Crippen molar-refractivity contribution in [1.82, 2.24) is 0 Å². The van der Waals surface area contributed by atoms with E-state index in [0.29, 0.717) is 5.69 Å². The molecule has 160 valence electrons. The summed E-state index contributed by atoms with van der Waals surface area (Å²) in [5.41, 5.74) is -0.0342. The Labute approximate surface area is 192 Å². The quantitative estimate of drug-likeness (QED) is 0.330. The smallest absolute Gasteiger partial charge is 0.338 e. The summed E-state index contributed by atoms with van der Waals surface area (Å²) in [6.45, 7) is 4.95. The first-order valence-corrected chi connectivity index (χ1v) is 11.8. The maximum atomic E-state index is 13.2. The van der Waals surface area contributed by atoms with Gasteiger partial charge in [-0.05, 0) is 36.5 Å². The van der Waals surface area contributed by atoms with E-state index in [-0.39, 0.29) is 63.1 Å². The molecule has 0 unspecified atom stereocenters. The first kappa shape index (κ1) is 21.7. The van der Waals surface area contributed by atoms with Crippen LogP contribution in [0.1, 0.15) is 37.6 Å². The van der Waals surface area contributed by atoms with Crippen LogP contribution >= 0.6 is 31.9 Å². The number of imide groups is 1. The van der Waals surface area contributed by atoms with Gasteiger partial charge in [-0.2, -0.15) is 0 Å². The molecule has 6 nitrogen and oxygen atoms in total. The Bertz CT molecular complexity index is 908. The van der Waals surface area contributed by atoms with Crippen LogP contribution in [0.2, 0.25) is 0 Å². The summed E-state index contributed by atoms with van der Waals surface area (Å²) in [7, 11) is 0. The summed E-state index contributed by atoms with van der Waals surface area (Å²) in [4.78, 5) is 52.3. The number of amides is 2. The van der Waals surface area contributed by atoms with Gasteiger partial charge in [0.25, 0.3) is 0 Å². The summed E-state index contributed by atoms with van der Waals surface area (Å²) in [6.07, 6.45) is 0.862. The van der Waals surface area contributed by atoms with Crippen LogP contribution in [0.5, 0.6) is 0 Å². The van der Waals surface area contributed by atoms with Crippen LogP contribution in [-0.4, -0.2) is 39.8 Å². The maximum Gasteiger partial charge on any atom is 0.338 e. The van der Waals surface area contributed by atoms with Gasteiger partial charge in [0.05, 0.1) is 23.1 Å². The first-order valence-electron chi connectivity index (χ1n) is 9.99. The zero-order valence-corrected chi connectivity index (χ0v) is 20.1. The standard InChI is InChI=1S/C22H23Br2NO5/c1-22(2,3)14(26)9-30-21(29)10-5-4-6-11(7-10)25-19(27)15-12-8-13(16(15)20(25)28)18(24)17(12)23/h4-7,12-13,15-18H,8-9H2,1-3H3/t12-,13-,15-,16-,17-,18+/m1/s1. The molecule has 1 heterocycles. The van der Waals surface area contributed by atoms with Crippen molar-refractivity contribution in [2.75, 3.05) is 11.5 Å². The largest absolute Gasteiger partial charge is 0.454 e. The van der Waals surface area contributed by atoms with Crippen LogP contribution in [0.4, 0.5) is 5.69 Å². The zero-order valence-electron chi connectivity index (χ0n) is 16.9. The number of fused-ring (bicyclic) bond motifs is 5. The molecule has 2 saturated carbocycles. The van der Waals surface area contributed by atoms with Crippen LogP contribution in [0, 0.1) is 29.1 Å². The van der Waals surface area contributed by atoms with Crippen molar-refractivity contribution < 1.29 is 23.9 Å². The van der Waals surface area contributed by atoms with Gasteiger partial charge in [0, 0.05) is 15.1 Å². The van der Waals surface area contributed by atoms with Gasteiger partial charge in [-0.15, -0.1) is 0 Å². The zero-order chi connectivity index (χ0) is 22.0. The van der Waals surface area contributed by atoms with Crippen molar-refractivity contribution in [3.8, 4) is 0 Å². The minimum absolute atomic E-state index is 0.127. The third kappa shape index (κ3) is 3.36. The second-order valence-electron chi connectivity index (χ2n) is 9.32. The lowest BCUT2D eigenvalue weighted by molar-refractivity contribution is -0.129. The number of hydrogen-bond donors (Lipinski definition) is 0. The summed E-state index contributed by atoms with van der Waals surface area (Å²) < 4.78 is 5.15. The molecular weight excluding hydrogens is 518 g/mol. The van der Waals surface area contributed by atoms with E-state index in [1.54, 1.807) is 39.0 Å². The number of nitrogens with zero attached hydrogens (tertiary/aromatic N) is 1. The van der Waals surface area contributed by atoms with Crippen LogP contribution in [-0.2, 0) is 19.1 Å². The van der Waals surface area contributed by atoms with Crippen molar-refractivity contribution in [2.24, 2.45) is 29.1 Å². The molecule has 30 heavy (non-hydrogen) atoms. The highest BCUT2D eigenvalue weighted by Crippen LogP contribution is 2.60. The number of Topliss-reactive ketones (excluding diaryl/α,β-unsaturated/α-hetero) is 1. The topological polar surface area (TPSA) is 80.8 Å². The summed E-state index contributed by atoms with van der Waals surface area (Å²) >= 11 is 7.35. The molecule has 0 radical (unpaired) electrons. The number of carbonyl (C=O) groups is 4. The monoisotopic (exact) mass is 539 g/mol. The fourth-order valence-electron chi connectivity index (χ4n) is 4.81. The molecular formula is C22H23Br2NO5. The van der Waals surface area contributed by atoms with E-state index in [1.165, 1.54) is 11.0 Å². The average Bonchev–Trinajstić information content (AvgIpc) is 3.30. The SMILES string of the molecule is CC(C)(C)C(=O)COC(=O)c1cccc(N2C(=O)[C@@H]3[C@H]4C[C@@H]([C@@H](Br)[C@H]4Br)[C@H]3C2=O)c1. The number of hydrogen-bond acceptors (Lipinski definition) is 5. The van der Waals surface area contributed by atoms with E-state index in [2.05, 4.69) is 31.9 Å². The molecule has 1 saturated heterocycles. The van der Waals surface area contributed by atoms with Gasteiger partial charge in [-0.25, -0.2) is 4.79 Å². The van der Waals surface area contributed by atoms with Gasteiger partial charge in [-0.3, -0.25) is 19.3 Å². The Kier molecular flexibility index (Phi) is 5.46. The van der Waals surface area contributed by atoms with Crippen molar-refractivity contribution in [2.45, 2.75) is 36.8 Å². The molecule has 2 aliphatic carbocycles. The van der Waals surface area contributed by atoms with Gasteiger partial charge in [0.1, 0.15) is 0 Å². The van der Waals surface area contributed by atoms with Crippen LogP contribution in [0.15, 0.2) is 24.3 Å². The highest BCUT2D eigenvalue weighted by molar-refractivity contribution is 9.12. The number of rotatable bonds is 4. The molecule has 2 amide bonds. The Hall–Kier alpha value is -1.54. The Morgan fingerprint density at radius 1 is 1.07 bits per heavy atom. The minimum atomic E-state index is -0.658. The molecule has 6 atom stereocenters. The lowest BCUT2D eigenvalue weighted by Gasteiger charge is -2.28. The van der Waals surface area contributed by atoms with Crippen molar-refractivity contribution in [3.05, 3.63) is 29.8 Å². The van der Waals surface area contributed by atoms with E-state index in [9.17, 15) is 19.2 Å². The molecule has 1 aliphatic heterocycles. The Morgan fingerprint density at radius 3 is 2.17 bits per heavy atom. The fraction of sp³-hybridized carbons (Fsp3) is 0.545. The van der Waals surface area contributed by atoms with Gasteiger partial charge in [0.2, 0.25) is 11.8 Å². The van der Waals surface area contributed by atoms with Gasteiger partial charge in [-0.1, -0.05) is 58.7 Å². The minimum Gasteiger partial charge on any atom is -0.454 e. The number of benzene rings is 1. The van der Waals surface area contributed by atoms with Gasteiger partial charge in [0.15, 0.2) is 12.4 Å². The lowest BCUT2D eigenvalue weighted by atomic mass is 9.81.